The molecule has 0 unspecified atom stereocenters. The van der Waals surface area contributed by atoms with Gasteiger partial charge in [-0.3, -0.25) is 0 Å². The third kappa shape index (κ3) is 3.16. The van der Waals surface area contributed by atoms with Crippen molar-refractivity contribution in [3.8, 4) is 34.3 Å². The molecule has 7 heteroatoms. The summed E-state index contributed by atoms with van der Waals surface area (Å²) in [5.74, 6) is 3.24. The van der Waals surface area contributed by atoms with E-state index in [1.54, 1.807) is 13.1 Å². The van der Waals surface area contributed by atoms with E-state index in [2.05, 4.69) is 15.1 Å². The van der Waals surface area contributed by atoms with Crippen molar-refractivity contribution in [1.82, 2.24) is 19.7 Å². The minimum atomic E-state index is 0.142. The van der Waals surface area contributed by atoms with E-state index in [9.17, 15) is 0 Å². The Balaban J connectivity index is 1.64. The molecule has 26 heavy (non-hydrogen) atoms. The maximum Gasteiger partial charge on any atom is 0.223 e. The standard InChI is InChI=1S/C19H18N4O3/c1-13-21-18(22-26-13)15-5-2-4-14(12-15)16-6-7-17(25-16)19-20-8-10-23(19)9-3-11-24/h2,4-8,10,12,24H,3,9,11H2,1H3. The number of hydrogen-bond donors (Lipinski definition) is 1. The maximum absolute atomic E-state index is 9.03. The number of aryl methyl sites for hydroxylation is 2. The van der Waals surface area contributed by atoms with Crippen LogP contribution in [-0.4, -0.2) is 31.4 Å². The molecule has 0 amide bonds. The number of aliphatic hydroxyl groups excluding tert-OH is 1. The highest BCUT2D eigenvalue weighted by Crippen LogP contribution is 2.30. The van der Waals surface area contributed by atoms with Crippen molar-refractivity contribution in [3.63, 3.8) is 0 Å². The number of rotatable bonds is 6. The molecule has 7 nitrogen and oxygen atoms in total. The van der Waals surface area contributed by atoms with Gasteiger partial charge in [-0.15, -0.1) is 0 Å². The first-order chi connectivity index (χ1) is 12.7. The van der Waals surface area contributed by atoms with Gasteiger partial charge in [0.15, 0.2) is 11.6 Å². The van der Waals surface area contributed by atoms with Crippen LogP contribution in [0.3, 0.4) is 0 Å². The van der Waals surface area contributed by atoms with E-state index in [4.69, 9.17) is 14.0 Å². The molecule has 3 heterocycles. The highest BCUT2D eigenvalue weighted by molar-refractivity contribution is 5.68. The van der Waals surface area contributed by atoms with Crippen LogP contribution in [0, 0.1) is 6.92 Å². The van der Waals surface area contributed by atoms with Gasteiger partial charge in [0.2, 0.25) is 11.7 Å². The van der Waals surface area contributed by atoms with Crippen LogP contribution in [0.15, 0.2) is 57.7 Å². The summed E-state index contributed by atoms with van der Waals surface area (Å²) in [5.41, 5.74) is 1.78. The predicted molar refractivity (Wildman–Crippen MR) is 95.1 cm³/mol. The summed E-state index contributed by atoms with van der Waals surface area (Å²) in [6.45, 7) is 2.59. The first kappa shape index (κ1) is 16.3. The SMILES string of the molecule is Cc1nc(-c2cccc(-c3ccc(-c4nccn4CCCO)o3)c2)no1. The number of nitrogens with zero attached hydrogens (tertiary/aromatic N) is 4. The minimum absolute atomic E-state index is 0.142. The van der Waals surface area contributed by atoms with Gasteiger partial charge in [-0.2, -0.15) is 4.98 Å². The van der Waals surface area contributed by atoms with Crippen molar-refractivity contribution in [2.45, 2.75) is 19.9 Å². The predicted octanol–water partition coefficient (Wildman–Crippen LogP) is 3.55. The average Bonchev–Trinajstić information content (AvgIpc) is 3.40. The molecular formula is C19H18N4O3. The van der Waals surface area contributed by atoms with Crippen molar-refractivity contribution in [1.29, 1.82) is 0 Å². The quantitative estimate of drug-likeness (QED) is 0.572. The Bertz CT molecular complexity index is 1020. The second kappa shape index (κ2) is 6.97. The average molecular weight is 350 g/mol. The molecule has 0 atom stereocenters. The fourth-order valence-electron chi connectivity index (χ4n) is 2.80. The van der Waals surface area contributed by atoms with E-state index in [1.807, 2.05) is 47.2 Å². The first-order valence-electron chi connectivity index (χ1n) is 8.38. The van der Waals surface area contributed by atoms with Gasteiger partial charge in [0.1, 0.15) is 5.76 Å². The molecule has 0 aliphatic heterocycles. The lowest BCUT2D eigenvalue weighted by atomic mass is 10.1. The molecule has 0 aliphatic carbocycles. The summed E-state index contributed by atoms with van der Waals surface area (Å²) in [7, 11) is 0. The van der Waals surface area contributed by atoms with Crippen LogP contribution in [0.4, 0.5) is 0 Å². The summed E-state index contributed by atoms with van der Waals surface area (Å²) in [4.78, 5) is 8.63. The van der Waals surface area contributed by atoms with Crippen molar-refractivity contribution in [3.05, 3.63) is 54.7 Å². The van der Waals surface area contributed by atoms with Crippen LogP contribution in [0.5, 0.6) is 0 Å². The fourth-order valence-corrected chi connectivity index (χ4v) is 2.80. The second-order valence-electron chi connectivity index (χ2n) is 5.90. The van der Waals surface area contributed by atoms with Crippen LogP contribution in [0.25, 0.3) is 34.3 Å². The molecule has 4 rings (SSSR count). The Hall–Kier alpha value is -3.19. The van der Waals surface area contributed by atoms with Crippen LogP contribution in [0.2, 0.25) is 0 Å². The molecular weight excluding hydrogens is 332 g/mol. The summed E-state index contributed by atoms with van der Waals surface area (Å²) in [6.07, 6.45) is 4.28. The molecule has 132 valence electrons. The Morgan fingerprint density at radius 2 is 1.96 bits per heavy atom. The molecule has 4 aromatic rings. The van der Waals surface area contributed by atoms with Crippen molar-refractivity contribution < 1.29 is 14.0 Å². The van der Waals surface area contributed by atoms with Crippen LogP contribution >= 0.6 is 0 Å². The van der Waals surface area contributed by atoms with Gasteiger partial charge in [0.25, 0.3) is 0 Å². The Morgan fingerprint density at radius 1 is 1.12 bits per heavy atom. The molecule has 0 bridgehead atoms. The van der Waals surface area contributed by atoms with Gasteiger partial charge in [0, 0.05) is 43.6 Å². The number of aromatic nitrogens is 4. The molecule has 1 aromatic carbocycles. The normalized spacial score (nSPS) is 11.2. The van der Waals surface area contributed by atoms with Gasteiger partial charge in [-0.1, -0.05) is 23.4 Å². The zero-order chi connectivity index (χ0) is 17.9. The van der Waals surface area contributed by atoms with E-state index < -0.39 is 0 Å². The summed E-state index contributed by atoms with van der Waals surface area (Å²) in [5, 5.41) is 13.0. The zero-order valence-electron chi connectivity index (χ0n) is 14.3. The smallest absolute Gasteiger partial charge is 0.223 e. The van der Waals surface area contributed by atoms with Crippen LogP contribution in [0.1, 0.15) is 12.3 Å². The molecule has 3 aromatic heterocycles. The number of furan rings is 1. The fraction of sp³-hybridized carbons (Fsp3) is 0.211. The van der Waals surface area contributed by atoms with Gasteiger partial charge in [-0.25, -0.2) is 4.98 Å². The van der Waals surface area contributed by atoms with Crippen molar-refractivity contribution in [2.75, 3.05) is 6.61 Å². The van der Waals surface area contributed by atoms with Crippen molar-refractivity contribution in [2.24, 2.45) is 0 Å². The molecule has 0 saturated carbocycles. The zero-order valence-corrected chi connectivity index (χ0v) is 14.3. The van der Waals surface area contributed by atoms with E-state index in [0.717, 1.165) is 22.7 Å². The molecule has 0 radical (unpaired) electrons. The molecule has 0 aliphatic rings. The lowest BCUT2D eigenvalue weighted by Crippen LogP contribution is -2.00. The van der Waals surface area contributed by atoms with E-state index in [1.165, 1.54) is 0 Å². The first-order valence-corrected chi connectivity index (χ1v) is 8.38. The third-order valence-electron chi connectivity index (χ3n) is 4.03. The van der Waals surface area contributed by atoms with E-state index in [-0.39, 0.29) is 6.61 Å². The summed E-state index contributed by atoms with van der Waals surface area (Å²) >= 11 is 0. The Labute approximate surface area is 149 Å². The van der Waals surface area contributed by atoms with Gasteiger partial charge in [-0.05, 0) is 24.6 Å². The second-order valence-corrected chi connectivity index (χ2v) is 5.90. The maximum atomic E-state index is 9.03. The van der Waals surface area contributed by atoms with Gasteiger partial charge in [0.05, 0.1) is 0 Å². The molecule has 1 N–H and O–H groups in total. The van der Waals surface area contributed by atoms with Crippen LogP contribution in [-0.2, 0) is 6.54 Å². The Kier molecular flexibility index (Phi) is 4.37. The van der Waals surface area contributed by atoms with E-state index >= 15 is 0 Å². The Morgan fingerprint density at radius 3 is 2.77 bits per heavy atom. The van der Waals surface area contributed by atoms with Gasteiger partial charge >= 0.3 is 0 Å². The highest BCUT2D eigenvalue weighted by Gasteiger charge is 2.13. The molecule has 0 fully saturated rings. The monoisotopic (exact) mass is 350 g/mol. The van der Waals surface area contributed by atoms with E-state index in [0.29, 0.717) is 30.4 Å². The number of benzene rings is 1. The lowest BCUT2D eigenvalue weighted by Gasteiger charge is -2.04. The largest absolute Gasteiger partial charge is 0.453 e. The number of aliphatic hydroxyl groups is 1. The topological polar surface area (TPSA) is 90.1 Å². The minimum Gasteiger partial charge on any atom is -0.453 e. The van der Waals surface area contributed by atoms with Crippen molar-refractivity contribution >= 4 is 0 Å². The number of hydrogen-bond acceptors (Lipinski definition) is 6. The lowest BCUT2D eigenvalue weighted by molar-refractivity contribution is 0.280. The molecule has 0 saturated heterocycles. The van der Waals surface area contributed by atoms with Gasteiger partial charge < -0.3 is 18.6 Å². The highest BCUT2D eigenvalue weighted by atomic mass is 16.5. The summed E-state index contributed by atoms with van der Waals surface area (Å²) in [6, 6.07) is 11.6. The number of imidazole rings is 1. The third-order valence-corrected chi connectivity index (χ3v) is 4.03. The van der Waals surface area contributed by atoms with Crippen LogP contribution < -0.4 is 0 Å². The summed E-state index contributed by atoms with van der Waals surface area (Å²) < 4.78 is 13.0. The molecule has 0 spiro atoms.